The standard InChI is InChI=1S/C35H32BrN3O6S/c1-3-44-34(42)30-31(23-9-5-4-6-10-23)37-35-39(32(30)26-20-24(36)13-16-27(26)43-2)33(41)28(46-35)19-22-11-14-25(15-12-22)45-21-29(40)38-17-7-8-18-38/h4-6,9-16,19-20,32H,3,7-8,17-18,21H2,1-2H3/b28-19-/t32-/m1/s1. The number of carbonyl (C=O) groups excluding carboxylic acids is 2. The van der Waals surface area contributed by atoms with E-state index in [0.717, 1.165) is 41.5 Å². The van der Waals surface area contributed by atoms with Crippen LogP contribution in [0.15, 0.2) is 92.6 Å². The van der Waals surface area contributed by atoms with Crippen molar-refractivity contribution in [3.8, 4) is 11.5 Å². The van der Waals surface area contributed by atoms with Crippen molar-refractivity contribution in [2.24, 2.45) is 4.99 Å². The summed E-state index contributed by atoms with van der Waals surface area (Å²) in [7, 11) is 1.55. The van der Waals surface area contributed by atoms with Crippen LogP contribution in [0, 0.1) is 0 Å². The Kier molecular flexibility index (Phi) is 9.51. The van der Waals surface area contributed by atoms with Crippen molar-refractivity contribution < 1.29 is 23.8 Å². The third-order valence-electron chi connectivity index (χ3n) is 7.86. The van der Waals surface area contributed by atoms with Crippen LogP contribution < -0.4 is 24.4 Å². The lowest BCUT2D eigenvalue weighted by Crippen LogP contribution is -2.40. The zero-order valence-electron chi connectivity index (χ0n) is 25.4. The second-order valence-corrected chi connectivity index (χ2v) is 12.7. The number of thiazole rings is 1. The maximum Gasteiger partial charge on any atom is 0.338 e. The highest BCUT2D eigenvalue weighted by Gasteiger charge is 2.37. The molecule has 0 bridgehead atoms. The van der Waals surface area contributed by atoms with Crippen LogP contribution in [0.25, 0.3) is 11.8 Å². The van der Waals surface area contributed by atoms with Crippen molar-refractivity contribution in [2.75, 3.05) is 33.4 Å². The van der Waals surface area contributed by atoms with E-state index >= 15 is 0 Å². The number of nitrogens with zero attached hydrogens (tertiary/aromatic N) is 3. The number of ether oxygens (including phenoxy) is 3. The van der Waals surface area contributed by atoms with E-state index in [9.17, 15) is 14.4 Å². The zero-order valence-corrected chi connectivity index (χ0v) is 27.8. The van der Waals surface area contributed by atoms with Crippen LogP contribution in [-0.4, -0.2) is 54.8 Å². The molecular weight excluding hydrogens is 670 g/mol. The maximum atomic E-state index is 14.2. The number of aromatic nitrogens is 1. The van der Waals surface area contributed by atoms with E-state index < -0.39 is 12.0 Å². The van der Waals surface area contributed by atoms with Crippen LogP contribution >= 0.6 is 27.3 Å². The number of likely N-dealkylation sites (tertiary alicyclic amines) is 1. The van der Waals surface area contributed by atoms with Gasteiger partial charge in [-0.05, 0) is 61.7 Å². The fourth-order valence-corrected chi connectivity index (χ4v) is 7.05. The fourth-order valence-electron chi connectivity index (χ4n) is 5.67. The number of halogens is 1. The van der Waals surface area contributed by atoms with Gasteiger partial charge in [0, 0.05) is 28.7 Å². The van der Waals surface area contributed by atoms with Crippen molar-refractivity contribution in [2.45, 2.75) is 25.8 Å². The predicted octanol–water partition coefficient (Wildman–Crippen LogP) is 4.71. The van der Waals surface area contributed by atoms with Crippen molar-refractivity contribution in [3.05, 3.63) is 119 Å². The molecule has 1 atom stereocenters. The summed E-state index contributed by atoms with van der Waals surface area (Å²) < 4.78 is 19.8. The van der Waals surface area contributed by atoms with Crippen LogP contribution in [0.2, 0.25) is 0 Å². The van der Waals surface area contributed by atoms with Crippen LogP contribution in [0.5, 0.6) is 11.5 Å². The number of hydrogen-bond donors (Lipinski definition) is 0. The number of esters is 1. The number of benzene rings is 3. The lowest BCUT2D eigenvalue weighted by molar-refractivity contribution is -0.139. The van der Waals surface area contributed by atoms with Gasteiger partial charge < -0.3 is 19.1 Å². The molecule has 0 radical (unpaired) electrons. The summed E-state index contributed by atoms with van der Waals surface area (Å²) in [5, 5.41) is 0. The Labute approximate surface area is 278 Å². The molecule has 1 aromatic heterocycles. The van der Waals surface area contributed by atoms with Crippen LogP contribution in [-0.2, 0) is 14.3 Å². The third kappa shape index (κ3) is 6.43. The highest BCUT2D eigenvalue weighted by Crippen LogP contribution is 2.39. The van der Waals surface area contributed by atoms with Gasteiger partial charge in [0.05, 0.1) is 29.5 Å². The Morgan fingerprint density at radius 1 is 1.04 bits per heavy atom. The Morgan fingerprint density at radius 2 is 1.78 bits per heavy atom. The number of methoxy groups -OCH3 is 1. The average molecular weight is 703 g/mol. The summed E-state index contributed by atoms with van der Waals surface area (Å²) in [6.07, 6.45) is 3.84. The SMILES string of the molecule is CCOC(=O)C1=C(c2ccccc2)N=c2s/c(=C\c3ccc(OCC(=O)N4CCCC4)cc3)c(=O)n2[C@@H]1c1cc(Br)ccc1OC. The summed E-state index contributed by atoms with van der Waals surface area (Å²) in [6, 6.07) is 21.2. The molecule has 4 aromatic rings. The molecule has 1 fully saturated rings. The topological polar surface area (TPSA) is 99.4 Å². The van der Waals surface area contributed by atoms with Crippen LogP contribution in [0.3, 0.4) is 0 Å². The summed E-state index contributed by atoms with van der Waals surface area (Å²) in [5.74, 6) is 0.499. The first-order valence-corrected chi connectivity index (χ1v) is 16.6. The zero-order chi connectivity index (χ0) is 32.2. The smallest absolute Gasteiger partial charge is 0.338 e. The van der Waals surface area contributed by atoms with Gasteiger partial charge >= 0.3 is 5.97 Å². The molecule has 0 aliphatic carbocycles. The maximum absolute atomic E-state index is 14.2. The second-order valence-electron chi connectivity index (χ2n) is 10.8. The van der Waals surface area contributed by atoms with E-state index in [2.05, 4.69) is 15.9 Å². The first-order valence-electron chi connectivity index (χ1n) is 15.0. The monoisotopic (exact) mass is 701 g/mol. The van der Waals surface area contributed by atoms with E-state index in [4.69, 9.17) is 19.2 Å². The molecule has 0 unspecified atom stereocenters. The summed E-state index contributed by atoms with van der Waals surface area (Å²) in [5.41, 5.74) is 2.48. The Hall–Kier alpha value is -4.48. The normalized spacial score (nSPS) is 16.2. The van der Waals surface area contributed by atoms with E-state index in [0.29, 0.717) is 32.1 Å². The number of carbonyl (C=O) groups is 2. The highest BCUT2D eigenvalue weighted by atomic mass is 79.9. The van der Waals surface area contributed by atoms with E-state index in [1.807, 2.05) is 59.5 Å². The molecule has 46 heavy (non-hydrogen) atoms. The molecule has 11 heteroatoms. The average Bonchev–Trinajstić information content (AvgIpc) is 3.72. The molecule has 0 spiro atoms. The quantitative estimate of drug-likeness (QED) is 0.235. The predicted molar refractivity (Wildman–Crippen MR) is 180 cm³/mol. The van der Waals surface area contributed by atoms with Gasteiger partial charge in [-0.3, -0.25) is 14.2 Å². The summed E-state index contributed by atoms with van der Waals surface area (Å²) in [6.45, 7) is 3.45. The number of hydrogen-bond acceptors (Lipinski definition) is 8. The van der Waals surface area contributed by atoms with Gasteiger partial charge in [0.15, 0.2) is 11.4 Å². The minimum Gasteiger partial charge on any atom is -0.496 e. The van der Waals surface area contributed by atoms with Gasteiger partial charge in [-0.1, -0.05) is 69.7 Å². The minimum atomic E-state index is -0.871. The lowest BCUT2D eigenvalue weighted by Gasteiger charge is -2.27. The molecule has 236 valence electrons. The van der Waals surface area contributed by atoms with Crippen molar-refractivity contribution in [1.29, 1.82) is 0 Å². The third-order valence-corrected chi connectivity index (χ3v) is 9.34. The van der Waals surface area contributed by atoms with Gasteiger partial charge in [0.2, 0.25) is 0 Å². The van der Waals surface area contributed by atoms with Crippen molar-refractivity contribution in [1.82, 2.24) is 9.47 Å². The Bertz CT molecular complexity index is 1980. The Balaban J connectivity index is 1.45. The first-order chi connectivity index (χ1) is 22.4. The minimum absolute atomic E-state index is 0.0104. The van der Waals surface area contributed by atoms with Gasteiger partial charge in [-0.2, -0.15) is 0 Å². The van der Waals surface area contributed by atoms with Gasteiger partial charge in [-0.15, -0.1) is 0 Å². The molecule has 0 N–H and O–H groups in total. The van der Waals surface area contributed by atoms with E-state index in [1.54, 1.807) is 42.9 Å². The summed E-state index contributed by atoms with van der Waals surface area (Å²) in [4.78, 5) is 47.5. The summed E-state index contributed by atoms with van der Waals surface area (Å²) >= 11 is 4.79. The van der Waals surface area contributed by atoms with Gasteiger partial charge in [0.25, 0.3) is 11.5 Å². The van der Waals surface area contributed by atoms with E-state index in [1.165, 1.54) is 11.3 Å². The van der Waals surface area contributed by atoms with Crippen molar-refractivity contribution >= 4 is 50.9 Å². The van der Waals surface area contributed by atoms with Gasteiger partial charge in [-0.25, -0.2) is 9.79 Å². The number of amides is 1. The molecule has 9 nitrogen and oxygen atoms in total. The molecule has 1 saturated heterocycles. The molecule has 2 aliphatic heterocycles. The second kappa shape index (κ2) is 13.9. The number of rotatable bonds is 9. The van der Waals surface area contributed by atoms with Gasteiger partial charge in [0.1, 0.15) is 17.5 Å². The largest absolute Gasteiger partial charge is 0.496 e. The molecule has 6 rings (SSSR count). The van der Waals surface area contributed by atoms with Crippen LogP contribution in [0.1, 0.15) is 42.5 Å². The fraction of sp³-hybridized carbons (Fsp3) is 0.257. The molecular formula is C35H32BrN3O6S. The van der Waals surface area contributed by atoms with E-state index in [-0.39, 0.29) is 30.3 Å². The highest BCUT2D eigenvalue weighted by molar-refractivity contribution is 9.10. The molecule has 3 heterocycles. The Morgan fingerprint density at radius 3 is 2.48 bits per heavy atom. The molecule has 0 saturated carbocycles. The molecule has 3 aromatic carbocycles. The molecule has 1 amide bonds. The number of fused-ring (bicyclic) bond motifs is 1. The first kappa shape index (κ1) is 31.5. The van der Waals surface area contributed by atoms with Crippen molar-refractivity contribution in [3.63, 3.8) is 0 Å². The van der Waals surface area contributed by atoms with Crippen LogP contribution in [0.4, 0.5) is 0 Å². The molecule has 2 aliphatic rings. The lowest BCUT2D eigenvalue weighted by atomic mass is 9.92.